The first-order valence-electron chi connectivity index (χ1n) is 14.8. The number of carbonyl (C=O) groups is 2. The summed E-state index contributed by atoms with van der Waals surface area (Å²) >= 11 is 0. The second-order valence-electron chi connectivity index (χ2n) is 10.9. The van der Waals surface area contributed by atoms with E-state index in [0.29, 0.717) is 59.3 Å². The van der Waals surface area contributed by atoms with Gasteiger partial charge in [-0.3, -0.25) is 9.59 Å². The number of H-pyrrole nitrogens is 1. The second kappa shape index (κ2) is 12.3. The lowest BCUT2D eigenvalue weighted by Crippen LogP contribution is -2.40. The number of hydrogen-bond acceptors (Lipinski definition) is 8. The quantitative estimate of drug-likeness (QED) is 0.285. The number of tetrazole rings is 1. The maximum atomic E-state index is 14.6. The zero-order valence-corrected chi connectivity index (χ0v) is 24.8. The van der Waals surface area contributed by atoms with Crippen molar-refractivity contribution in [3.05, 3.63) is 112 Å². The minimum absolute atomic E-state index is 0.109. The molecule has 8 rings (SSSR count). The smallest absolute Gasteiger partial charge is 0.255 e. The maximum absolute atomic E-state index is 14.6. The predicted molar refractivity (Wildman–Crippen MR) is 165 cm³/mol. The van der Waals surface area contributed by atoms with Crippen molar-refractivity contribution in [1.29, 1.82) is 0 Å². The van der Waals surface area contributed by atoms with E-state index >= 15 is 0 Å². The molecule has 0 spiro atoms. The van der Waals surface area contributed by atoms with Crippen LogP contribution in [0.5, 0.6) is 23.0 Å². The number of benzene rings is 4. The summed E-state index contributed by atoms with van der Waals surface area (Å²) in [7, 11) is 1.56. The number of methoxy groups -OCH3 is 1. The van der Waals surface area contributed by atoms with Crippen molar-refractivity contribution in [2.45, 2.75) is 18.9 Å². The number of amides is 2. The van der Waals surface area contributed by atoms with E-state index in [1.54, 1.807) is 25.3 Å². The Kier molecular flexibility index (Phi) is 7.75. The minimum atomic E-state index is -0.643. The number of hydrogen-bond donors (Lipinski definition) is 2. The summed E-state index contributed by atoms with van der Waals surface area (Å²) < 4.78 is 32.4. The van der Waals surface area contributed by atoms with Crippen molar-refractivity contribution >= 4 is 11.8 Å². The summed E-state index contributed by atoms with van der Waals surface area (Å²) in [6.07, 6.45) is 1.01. The fraction of sp³-hybridized carbons (Fsp3) is 0.206. The predicted octanol–water partition coefficient (Wildman–Crippen LogP) is 5.11. The SMILES string of the molecule is COc1ccc2cc1OCCCNC(=O)c1cc(ccc1F)Oc1ccc3c(c1)CCN(C(=O)c1ccccc1-c1nn[nH]n1)C23. The summed E-state index contributed by atoms with van der Waals surface area (Å²) in [5.41, 5.74) is 3.64. The van der Waals surface area contributed by atoms with Gasteiger partial charge in [-0.25, -0.2) is 4.39 Å². The maximum Gasteiger partial charge on any atom is 0.255 e. The number of ether oxygens (including phenoxy) is 3. The molecule has 2 N–H and O–H groups in total. The largest absolute Gasteiger partial charge is 0.493 e. The molecule has 4 aromatic carbocycles. The fourth-order valence-electron chi connectivity index (χ4n) is 5.95. The van der Waals surface area contributed by atoms with Crippen LogP contribution in [-0.4, -0.2) is 64.1 Å². The lowest BCUT2D eigenvalue weighted by Gasteiger charge is -2.38. The number of aromatic amines is 1. The van der Waals surface area contributed by atoms with Crippen LogP contribution in [0.4, 0.5) is 4.39 Å². The molecule has 0 saturated heterocycles. The molecular weight excluding hydrogens is 591 g/mol. The van der Waals surface area contributed by atoms with Crippen LogP contribution in [0.3, 0.4) is 0 Å². The highest BCUT2D eigenvalue weighted by Gasteiger charge is 2.35. The van der Waals surface area contributed by atoms with Crippen LogP contribution in [0.2, 0.25) is 0 Å². The molecule has 0 radical (unpaired) electrons. The average Bonchev–Trinajstić information content (AvgIpc) is 3.63. The Bertz CT molecular complexity index is 1930. The molecule has 3 aliphatic heterocycles. The number of halogens is 1. The first-order chi connectivity index (χ1) is 22.5. The number of rotatable bonds is 3. The third-order valence-corrected chi connectivity index (χ3v) is 8.13. The highest BCUT2D eigenvalue weighted by atomic mass is 19.1. The fourth-order valence-corrected chi connectivity index (χ4v) is 5.95. The van der Waals surface area contributed by atoms with Crippen LogP contribution in [0.1, 0.15) is 49.9 Å². The van der Waals surface area contributed by atoms with E-state index in [9.17, 15) is 14.0 Å². The van der Waals surface area contributed by atoms with Crippen LogP contribution >= 0.6 is 0 Å². The van der Waals surface area contributed by atoms with E-state index < -0.39 is 17.8 Å². The van der Waals surface area contributed by atoms with Gasteiger partial charge in [0.1, 0.15) is 17.3 Å². The lowest BCUT2D eigenvalue weighted by atomic mass is 9.87. The van der Waals surface area contributed by atoms with Gasteiger partial charge in [0.05, 0.1) is 30.9 Å². The molecule has 4 heterocycles. The molecule has 0 fully saturated rings. The van der Waals surface area contributed by atoms with Crippen LogP contribution in [0.25, 0.3) is 11.4 Å². The van der Waals surface area contributed by atoms with Crippen LogP contribution in [-0.2, 0) is 6.42 Å². The second-order valence-corrected chi connectivity index (χ2v) is 10.9. The van der Waals surface area contributed by atoms with Crippen LogP contribution in [0, 0.1) is 5.82 Å². The van der Waals surface area contributed by atoms with Gasteiger partial charge in [0.2, 0.25) is 5.82 Å². The summed E-state index contributed by atoms with van der Waals surface area (Å²) in [4.78, 5) is 29.0. The summed E-state index contributed by atoms with van der Waals surface area (Å²) in [5.74, 6) is 0.840. The van der Waals surface area contributed by atoms with Crippen molar-refractivity contribution in [1.82, 2.24) is 30.8 Å². The van der Waals surface area contributed by atoms with Gasteiger partial charge in [-0.1, -0.05) is 30.3 Å². The molecule has 0 saturated carbocycles. The molecule has 11 nitrogen and oxygen atoms in total. The Hall–Kier alpha value is -5.78. The molecular formula is C34H29FN6O5. The Morgan fingerprint density at radius 3 is 2.72 bits per heavy atom. The van der Waals surface area contributed by atoms with Gasteiger partial charge in [0.25, 0.3) is 11.8 Å². The Labute approximate surface area is 263 Å². The Morgan fingerprint density at radius 1 is 1.02 bits per heavy atom. The monoisotopic (exact) mass is 620 g/mol. The molecule has 1 aromatic heterocycles. The van der Waals surface area contributed by atoms with Gasteiger partial charge in [-0.05, 0) is 83.3 Å². The van der Waals surface area contributed by atoms with E-state index in [-0.39, 0.29) is 24.6 Å². The number of nitrogens with one attached hydrogen (secondary N) is 2. The number of aromatic nitrogens is 4. The molecule has 12 heteroatoms. The standard InChI is InChI=1S/C34H29FN6O5/c1-44-29-12-7-21-18-30(29)45-16-4-14-36-33(42)27-19-23(9-11-28(27)35)46-22-8-10-24-20(17-22)13-15-41(31(21)24)34(43)26-6-3-2-5-25(26)32-37-39-40-38-32/h2-3,5-12,17-19,31H,4,13-16H2,1H3,(H,36,42)(H,37,38,39,40). The van der Waals surface area contributed by atoms with Gasteiger partial charge in [-0.2, -0.15) is 5.21 Å². The molecule has 2 amide bonds. The van der Waals surface area contributed by atoms with Crippen molar-refractivity contribution in [2.24, 2.45) is 0 Å². The Morgan fingerprint density at radius 2 is 1.87 bits per heavy atom. The third-order valence-electron chi connectivity index (χ3n) is 8.13. The number of carbonyl (C=O) groups excluding carboxylic acids is 2. The van der Waals surface area contributed by atoms with Crippen molar-refractivity contribution in [3.63, 3.8) is 0 Å². The zero-order valence-electron chi connectivity index (χ0n) is 24.8. The van der Waals surface area contributed by atoms with Gasteiger partial charge >= 0.3 is 0 Å². The van der Waals surface area contributed by atoms with Crippen molar-refractivity contribution in [3.8, 4) is 34.4 Å². The summed E-state index contributed by atoms with van der Waals surface area (Å²) in [6.45, 7) is 0.931. The third kappa shape index (κ3) is 5.49. The van der Waals surface area contributed by atoms with E-state index in [0.717, 1.165) is 16.7 Å². The molecule has 5 aromatic rings. The zero-order chi connectivity index (χ0) is 31.6. The minimum Gasteiger partial charge on any atom is -0.493 e. The van der Waals surface area contributed by atoms with E-state index in [1.165, 1.54) is 18.2 Å². The van der Waals surface area contributed by atoms with Crippen LogP contribution in [0.15, 0.2) is 78.9 Å². The van der Waals surface area contributed by atoms with E-state index in [2.05, 4.69) is 25.9 Å². The van der Waals surface area contributed by atoms with Crippen LogP contribution < -0.4 is 19.5 Å². The normalized spacial score (nSPS) is 16.0. The highest BCUT2D eigenvalue weighted by Crippen LogP contribution is 2.41. The molecule has 46 heavy (non-hydrogen) atoms. The highest BCUT2D eigenvalue weighted by molar-refractivity contribution is 6.00. The summed E-state index contributed by atoms with van der Waals surface area (Å²) in [6, 6.07) is 22.1. The number of nitrogens with zero attached hydrogens (tertiary/aromatic N) is 4. The van der Waals surface area contributed by atoms with Gasteiger partial charge in [-0.15, -0.1) is 10.2 Å². The first-order valence-corrected chi connectivity index (χ1v) is 14.8. The Balaban J connectivity index is 1.34. The average molecular weight is 621 g/mol. The van der Waals surface area contributed by atoms with E-state index in [4.69, 9.17) is 14.2 Å². The molecule has 1 unspecified atom stereocenters. The first kappa shape index (κ1) is 29.0. The molecule has 0 aliphatic carbocycles. The van der Waals surface area contributed by atoms with Crippen molar-refractivity contribution < 1.29 is 28.2 Å². The topological polar surface area (TPSA) is 132 Å². The lowest BCUT2D eigenvalue weighted by molar-refractivity contribution is 0.0694. The molecule has 8 bridgehead atoms. The number of fused-ring (bicyclic) bond motifs is 6. The molecule has 1 atom stereocenters. The molecule has 3 aliphatic rings. The van der Waals surface area contributed by atoms with Gasteiger partial charge in [0.15, 0.2) is 11.5 Å². The van der Waals surface area contributed by atoms with E-state index in [1.807, 2.05) is 47.4 Å². The molecule has 232 valence electrons. The van der Waals surface area contributed by atoms with Gasteiger partial charge < -0.3 is 24.4 Å². The summed E-state index contributed by atoms with van der Waals surface area (Å²) in [5, 5.41) is 17.1. The van der Waals surface area contributed by atoms with Gasteiger partial charge in [0, 0.05) is 18.7 Å². The van der Waals surface area contributed by atoms with Crippen molar-refractivity contribution in [2.75, 3.05) is 26.8 Å².